The van der Waals surface area contributed by atoms with Crippen LogP contribution in [0.3, 0.4) is 0 Å². The van der Waals surface area contributed by atoms with E-state index >= 15 is 0 Å². The molecular formula is C9H5F5N2. The molecule has 1 aromatic rings. The fourth-order valence-electron chi connectivity index (χ4n) is 1.35. The van der Waals surface area contributed by atoms with E-state index in [2.05, 4.69) is 5.11 Å². The molecular weight excluding hydrogens is 231 g/mol. The average molecular weight is 236 g/mol. The van der Waals surface area contributed by atoms with Crippen molar-refractivity contribution < 1.29 is 22.0 Å². The van der Waals surface area contributed by atoms with E-state index in [4.69, 9.17) is 0 Å². The number of hydrogen-bond acceptors (Lipinski definition) is 2. The van der Waals surface area contributed by atoms with Crippen molar-refractivity contribution in [2.45, 2.75) is 17.8 Å². The average Bonchev–Trinajstić information content (AvgIpc) is 2.41. The number of azo groups is 1. The van der Waals surface area contributed by atoms with Gasteiger partial charge in [0.05, 0.1) is 0 Å². The molecule has 0 N–H and O–H groups in total. The van der Waals surface area contributed by atoms with E-state index in [0.717, 1.165) is 12.1 Å². The summed E-state index contributed by atoms with van der Waals surface area (Å²) in [6, 6.07) is 1.02. The maximum atomic E-state index is 13.8. The van der Waals surface area contributed by atoms with Crippen molar-refractivity contribution in [1.29, 1.82) is 0 Å². The highest BCUT2D eigenvalue weighted by Gasteiger charge is 2.76. The summed E-state index contributed by atoms with van der Waals surface area (Å²) in [7, 11) is 0. The van der Waals surface area contributed by atoms with Gasteiger partial charge in [0.15, 0.2) is 0 Å². The van der Waals surface area contributed by atoms with Crippen LogP contribution in [0.2, 0.25) is 0 Å². The molecule has 1 aliphatic heterocycles. The molecule has 0 fully saturated rings. The Morgan fingerprint density at radius 2 is 1.38 bits per heavy atom. The zero-order chi connectivity index (χ0) is 12.0. The van der Waals surface area contributed by atoms with Gasteiger partial charge in [-0.05, 0) is 0 Å². The summed E-state index contributed by atoms with van der Waals surface area (Å²) < 4.78 is 65.4. The highest BCUT2D eigenvalue weighted by molar-refractivity contribution is 5.27. The summed E-state index contributed by atoms with van der Waals surface area (Å²) in [6.07, 6.45) is 0. The molecule has 2 rings (SSSR count). The van der Waals surface area contributed by atoms with Crippen LogP contribution in [-0.2, 0) is 5.79 Å². The van der Waals surface area contributed by atoms with Crippen LogP contribution >= 0.6 is 0 Å². The van der Waals surface area contributed by atoms with Crippen LogP contribution in [0.25, 0.3) is 0 Å². The van der Waals surface area contributed by atoms with Gasteiger partial charge in [-0.3, -0.25) is 0 Å². The molecule has 1 aliphatic rings. The van der Waals surface area contributed by atoms with E-state index in [0.29, 0.717) is 0 Å². The van der Waals surface area contributed by atoms with E-state index in [1.165, 1.54) is 18.2 Å². The molecule has 0 aromatic heterocycles. The summed E-state index contributed by atoms with van der Waals surface area (Å²) in [5.74, 6) is -8.79. The van der Waals surface area contributed by atoms with Crippen LogP contribution < -0.4 is 0 Å². The fraction of sp³-hybridized carbons (Fsp3) is 0.333. The van der Waals surface area contributed by atoms with Crippen molar-refractivity contribution in [2.24, 2.45) is 10.2 Å². The third-order valence-electron chi connectivity index (χ3n) is 2.26. The summed E-state index contributed by atoms with van der Waals surface area (Å²) in [5.41, 5.74) is -0.652. The van der Waals surface area contributed by atoms with E-state index in [9.17, 15) is 22.0 Å². The first-order valence-electron chi connectivity index (χ1n) is 4.25. The Morgan fingerprint density at radius 3 is 1.81 bits per heavy atom. The van der Waals surface area contributed by atoms with Crippen molar-refractivity contribution in [3.05, 3.63) is 35.9 Å². The first-order chi connectivity index (χ1) is 7.31. The predicted molar refractivity (Wildman–Crippen MR) is 44.0 cm³/mol. The topological polar surface area (TPSA) is 24.7 Å². The monoisotopic (exact) mass is 236 g/mol. The van der Waals surface area contributed by atoms with Crippen LogP contribution in [0.5, 0.6) is 0 Å². The predicted octanol–water partition coefficient (Wildman–Crippen LogP) is 3.50. The minimum Gasteiger partial charge on any atom is -0.203 e. The fourth-order valence-corrected chi connectivity index (χ4v) is 1.35. The molecule has 1 unspecified atom stereocenters. The van der Waals surface area contributed by atoms with Gasteiger partial charge in [-0.15, -0.1) is 10.2 Å². The molecule has 1 atom stereocenters. The van der Waals surface area contributed by atoms with Crippen molar-refractivity contribution in [1.82, 2.24) is 0 Å². The third kappa shape index (κ3) is 1.17. The minimum absolute atomic E-state index is 0.652. The lowest BCUT2D eigenvalue weighted by Crippen LogP contribution is -2.48. The normalized spacial score (nSPS) is 30.6. The van der Waals surface area contributed by atoms with Gasteiger partial charge >= 0.3 is 17.8 Å². The quantitative estimate of drug-likeness (QED) is 0.526. The summed E-state index contributed by atoms with van der Waals surface area (Å²) in [5, 5.41) is 4.42. The molecule has 2 nitrogen and oxygen atoms in total. The second-order valence-electron chi connectivity index (χ2n) is 3.30. The van der Waals surface area contributed by atoms with Crippen LogP contribution in [0.15, 0.2) is 40.6 Å². The maximum absolute atomic E-state index is 13.8. The van der Waals surface area contributed by atoms with Gasteiger partial charge in [-0.1, -0.05) is 30.3 Å². The summed E-state index contributed by atoms with van der Waals surface area (Å²) in [4.78, 5) is 0. The van der Waals surface area contributed by atoms with Crippen molar-refractivity contribution in [3.63, 3.8) is 0 Å². The maximum Gasteiger partial charge on any atom is 0.427 e. The van der Waals surface area contributed by atoms with Gasteiger partial charge in [0, 0.05) is 5.56 Å². The zero-order valence-electron chi connectivity index (χ0n) is 7.67. The molecule has 0 aliphatic carbocycles. The Morgan fingerprint density at radius 1 is 0.812 bits per heavy atom. The Hall–Kier alpha value is -1.53. The zero-order valence-corrected chi connectivity index (χ0v) is 7.67. The molecule has 0 saturated heterocycles. The summed E-state index contributed by atoms with van der Waals surface area (Å²) in [6.45, 7) is 0. The molecule has 86 valence electrons. The van der Waals surface area contributed by atoms with Gasteiger partial charge in [-0.2, -0.15) is 17.6 Å². The first kappa shape index (κ1) is 11.0. The van der Waals surface area contributed by atoms with Crippen molar-refractivity contribution in [2.75, 3.05) is 0 Å². The second-order valence-corrected chi connectivity index (χ2v) is 3.30. The number of alkyl halides is 5. The molecule has 7 heteroatoms. The molecule has 1 heterocycles. The number of halogens is 5. The standard InChI is InChI=1S/C9H5F5N2/c10-7(6-4-2-1-3-5-6)8(11,12)9(13,14)16-15-7/h1-5H. The Bertz CT molecular complexity index is 431. The molecule has 0 saturated carbocycles. The van der Waals surface area contributed by atoms with Crippen LogP contribution in [0, 0.1) is 0 Å². The third-order valence-corrected chi connectivity index (χ3v) is 2.26. The molecule has 0 spiro atoms. The van der Waals surface area contributed by atoms with E-state index < -0.39 is 23.3 Å². The van der Waals surface area contributed by atoms with Crippen LogP contribution in [0.4, 0.5) is 22.0 Å². The molecule has 0 amide bonds. The SMILES string of the molecule is FC1(F)N=NC(F)(c2ccccc2)C1(F)F. The van der Waals surface area contributed by atoms with Gasteiger partial charge in [0.2, 0.25) is 0 Å². The number of rotatable bonds is 1. The number of nitrogens with zero attached hydrogens (tertiary/aromatic N) is 2. The molecule has 16 heavy (non-hydrogen) atoms. The van der Waals surface area contributed by atoms with Gasteiger partial charge in [0.1, 0.15) is 0 Å². The lowest BCUT2D eigenvalue weighted by molar-refractivity contribution is -0.246. The Labute approximate surface area is 86.8 Å². The molecule has 0 radical (unpaired) electrons. The number of benzene rings is 1. The van der Waals surface area contributed by atoms with Crippen LogP contribution in [0.1, 0.15) is 5.56 Å². The van der Waals surface area contributed by atoms with Crippen molar-refractivity contribution in [3.8, 4) is 0 Å². The van der Waals surface area contributed by atoms with Crippen molar-refractivity contribution >= 4 is 0 Å². The van der Waals surface area contributed by atoms with Gasteiger partial charge < -0.3 is 0 Å². The highest BCUT2D eigenvalue weighted by Crippen LogP contribution is 2.56. The second kappa shape index (κ2) is 2.99. The van der Waals surface area contributed by atoms with E-state index in [1.807, 2.05) is 5.11 Å². The Balaban J connectivity index is 2.54. The lowest BCUT2D eigenvalue weighted by Gasteiger charge is -2.25. The van der Waals surface area contributed by atoms with E-state index in [-0.39, 0.29) is 0 Å². The largest absolute Gasteiger partial charge is 0.427 e. The molecule has 1 aromatic carbocycles. The lowest BCUT2D eigenvalue weighted by atomic mass is 9.98. The smallest absolute Gasteiger partial charge is 0.203 e. The minimum atomic E-state index is -4.98. The van der Waals surface area contributed by atoms with Gasteiger partial charge in [-0.25, -0.2) is 4.39 Å². The van der Waals surface area contributed by atoms with Gasteiger partial charge in [0.25, 0.3) is 0 Å². The van der Waals surface area contributed by atoms with E-state index in [1.54, 1.807) is 0 Å². The summed E-state index contributed by atoms with van der Waals surface area (Å²) >= 11 is 0. The first-order valence-corrected chi connectivity index (χ1v) is 4.25. The Kier molecular flexibility index (Phi) is 2.05. The number of hydrogen-bond donors (Lipinski definition) is 0. The molecule has 0 bridgehead atoms. The highest BCUT2D eigenvalue weighted by atomic mass is 19.3. The van der Waals surface area contributed by atoms with Crippen LogP contribution in [-0.4, -0.2) is 12.0 Å².